The smallest absolute Gasteiger partial charge is 0.317 e. The van der Waals surface area contributed by atoms with Gasteiger partial charge in [0.1, 0.15) is 0 Å². The minimum atomic E-state index is -0.430. The molecule has 2 rings (SSSR count). The van der Waals surface area contributed by atoms with E-state index in [9.17, 15) is 9.90 Å². The molecule has 1 saturated heterocycles. The highest BCUT2D eigenvalue weighted by molar-refractivity contribution is 5.74. The van der Waals surface area contributed by atoms with Crippen molar-refractivity contribution in [1.82, 2.24) is 10.2 Å². The number of nitrogens with one attached hydrogen (secondary N) is 1. The SMILES string of the molecule is CC=CCCNC(=O)N1CCC(C(O)c2ccccc2)CC1. The van der Waals surface area contributed by atoms with E-state index in [-0.39, 0.29) is 11.9 Å². The van der Waals surface area contributed by atoms with Gasteiger partial charge in [-0.15, -0.1) is 0 Å². The first-order valence-electron chi connectivity index (χ1n) is 8.09. The minimum absolute atomic E-state index is 0.0113. The third-order valence-corrected chi connectivity index (χ3v) is 4.24. The van der Waals surface area contributed by atoms with Gasteiger partial charge in [-0.05, 0) is 37.7 Å². The van der Waals surface area contributed by atoms with Crippen molar-refractivity contribution < 1.29 is 9.90 Å². The van der Waals surface area contributed by atoms with E-state index in [4.69, 9.17) is 0 Å². The first kappa shape index (κ1) is 16.6. The Hall–Kier alpha value is -1.81. The summed E-state index contributed by atoms with van der Waals surface area (Å²) in [5, 5.41) is 13.4. The fraction of sp³-hybridized carbons (Fsp3) is 0.500. The highest BCUT2D eigenvalue weighted by Crippen LogP contribution is 2.30. The number of hydrogen-bond donors (Lipinski definition) is 2. The molecule has 1 unspecified atom stereocenters. The summed E-state index contributed by atoms with van der Waals surface area (Å²) in [7, 11) is 0. The van der Waals surface area contributed by atoms with E-state index in [2.05, 4.69) is 5.32 Å². The van der Waals surface area contributed by atoms with Crippen LogP contribution in [0.25, 0.3) is 0 Å². The summed E-state index contributed by atoms with van der Waals surface area (Å²) in [5.74, 6) is 0.231. The van der Waals surface area contributed by atoms with Gasteiger partial charge in [-0.3, -0.25) is 0 Å². The lowest BCUT2D eigenvalue weighted by atomic mass is 9.87. The zero-order valence-electron chi connectivity index (χ0n) is 13.2. The maximum absolute atomic E-state index is 12.0. The molecule has 2 amide bonds. The van der Waals surface area contributed by atoms with Gasteiger partial charge in [0.2, 0.25) is 0 Å². The van der Waals surface area contributed by atoms with Crippen LogP contribution in [0.5, 0.6) is 0 Å². The van der Waals surface area contributed by atoms with E-state index < -0.39 is 6.10 Å². The van der Waals surface area contributed by atoms with Gasteiger partial charge in [0, 0.05) is 19.6 Å². The molecule has 120 valence electrons. The van der Waals surface area contributed by atoms with Gasteiger partial charge in [0.25, 0.3) is 0 Å². The molecule has 0 aliphatic carbocycles. The second-order valence-corrected chi connectivity index (χ2v) is 5.77. The number of carbonyl (C=O) groups excluding carboxylic acids is 1. The lowest BCUT2D eigenvalue weighted by Gasteiger charge is -2.34. The average molecular weight is 302 g/mol. The molecule has 4 heteroatoms. The molecule has 0 saturated carbocycles. The fourth-order valence-electron chi connectivity index (χ4n) is 2.88. The molecule has 1 fully saturated rings. The van der Waals surface area contributed by atoms with Crippen LogP contribution in [-0.2, 0) is 0 Å². The minimum Gasteiger partial charge on any atom is -0.388 e. The van der Waals surface area contributed by atoms with Gasteiger partial charge in [-0.2, -0.15) is 0 Å². The maximum atomic E-state index is 12.0. The first-order valence-corrected chi connectivity index (χ1v) is 8.09. The summed E-state index contributed by atoms with van der Waals surface area (Å²) >= 11 is 0. The maximum Gasteiger partial charge on any atom is 0.317 e. The molecule has 1 aromatic carbocycles. The third kappa shape index (κ3) is 4.60. The molecular weight excluding hydrogens is 276 g/mol. The Bertz CT molecular complexity index is 479. The van der Waals surface area contributed by atoms with Crippen molar-refractivity contribution in [3.05, 3.63) is 48.0 Å². The second kappa shape index (κ2) is 8.59. The Balaban J connectivity index is 1.76. The van der Waals surface area contributed by atoms with Crippen molar-refractivity contribution >= 4 is 6.03 Å². The zero-order valence-corrected chi connectivity index (χ0v) is 13.2. The van der Waals surface area contributed by atoms with Crippen LogP contribution in [0.1, 0.15) is 37.9 Å². The van der Waals surface area contributed by atoms with Crippen molar-refractivity contribution in [1.29, 1.82) is 0 Å². The van der Waals surface area contributed by atoms with Crippen LogP contribution in [0, 0.1) is 5.92 Å². The summed E-state index contributed by atoms with van der Waals surface area (Å²) in [5.41, 5.74) is 0.969. The summed E-state index contributed by atoms with van der Waals surface area (Å²) in [6.07, 6.45) is 6.16. The Kier molecular flexibility index (Phi) is 6.46. The molecule has 4 nitrogen and oxygen atoms in total. The number of aliphatic hydroxyl groups excluding tert-OH is 1. The number of urea groups is 1. The lowest BCUT2D eigenvalue weighted by molar-refractivity contribution is 0.0666. The number of rotatable bonds is 5. The van der Waals surface area contributed by atoms with Crippen molar-refractivity contribution in [2.45, 2.75) is 32.3 Å². The fourth-order valence-corrected chi connectivity index (χ4v) is 2.88. The third-order valence-electron chi connectivity index (χ3n) is 4.24. The monoisotopic (exact) mass is 302 g/mol. The van der Waals surface area contributed by atoms with Crippen molar-refractivity contribution in [2.24, 2.45) is 5.92 Å². The molecule has 1 heterocycles. The number of nitrogens with zero attached hydrogens (tertiary/aromatic N) is 1. The van der Waals surface area contributed by atoms with Crippen molar-refractivity contribution in [3.8, 4) is 0 Å². The number of benzene rings is 1. The van der Waals surface area contributed by atoms with Crippen LogP contribution in [0.15, 0.2) is 42.5 Å². The molecule has 0 aromatic heterocycles. The largest absolute Gasteiger partial charge is 0.388 e. The molecule has 22 heavy (non-hydrogen) atoms. The number of carbonyl (C=O) groups is 1. The standard InChI is InChI=1S/C18H26N2O2/c1-2-3-7-12-19-18(22)20-13-10-16(11-14-20)17(21)15-8-5-4-6-9-15/h2-6,8-9,16-17,21H,7,10-14H2,1H3,(H,19,22). The molecule has 1 aliphatic rings. The van der Waals surface area contributed by atoms with Crippen LogP contribution in [-0.4, -0.2) is 35.7 Å². The van der Waals surface area contributed by atoms with Gasteiger partial charge in [0.05, 0.1) is 6.10 Å². The van der Waals surface area contributed by atoms with Gasteiger partial charge in [-0.1, -0.05) is 42.5 Å². The normalized spacial score (nSPS) is 17.6. The van der Waals surface area contributed by atoms with Crippen molar-refractivity contribution in [3.63, 3.8) is 0 Å². The summed E-state index contributed by atoms with van der Waals surface area (Å²) in [4.78, 5) is 13.9. The van der Waals surface area contributed by atoms with E-state index in [1.165, 1.54) is 0 Å². The van der Waals surface area contributed by atoms with Crippen molar-refractivity contribution in [2.75, 3.05) is 19.6 Å². The predicted molar refractivity (Wildman–Crippen MR) is 88.5 cm³/mol. The highest BCUT2D eigenvalue weighted by Gasteiger charge is 2.27. The van der Waals surface area contributed by atoms with Crippen LogP contribution in [0.3, 0.4) is 0 Å². The topological polar surface area (TPSA) is 52.6 Å². The van der Waals surface area contributed by atoms with Gasteiger partial charge in [0.15, 0.2) is 0 Å². The number of piperidine rings is 1. The molecule has 0 radical (unpaired) electrons. The summed E-state index contributed by atoms with van der Waals surface area (Å²) < 4.78 is 0. The molecule has 0 spiro atoms. The number of likely N-dealkylation sites (tertiary alicyclic amines) is 1. The lowest BCUT2D eigenvalue weighted by Crippen LogP contribution is -2.45. The van der Waals surface area contributed by atoms with E-state index in [1.807, 2.05) is 54.3 Å². The van der Waals surface area contributed by atoms with Gasteiger partial charge < -0.3 is 15.3 Å². The van der Waals surface area contributed by atoms with E-state index in [1.54, 1.807) is 0 Å². The van der Waals surface area contributed by atoms with Gasteiger partial charge in [-0.25, -0.2) is 4.79 Å². The molecule has 1 aromatic rings. The van der Waals surface area contributed by atoms with Gasteiger partial charge >= 0.3 is 6.03 Å². The predicted octanol–water partition coefficient (Wildman–Crippen LogP) is 3.11. The molecule has 1 aliphatic heterocycles. The quantitative estimate of drug-likeness (QED) is 0.648. The number of allylic oxidation sites excluding steroid dienone is 1. The second-order valence-electron chi connectivity index (χ2n) is 5.77. The van der Waals surface area contributed by atoms with Crippen LogP contribution in [0.2, 0.25) is 0 Å². The number of hydrogen-bond acceptors (Lipinski definition) is 2. The van der Waals surface area contributed by atoms with E-state index >= 15 is 0 Å². The Labute approximate surface area is 132 Å². The Morgan fingerprint density at radius 3 is 2.68 bits per heavy atom. The average Bonchev–Trinajstić information content (AvgIpc) is 2.59. The number of aliphatic hydroxyl groups is 1. The Morgan fingerprint density at radius 2 is 2.05 bits per heavy atom. The summed E-state index contributed by atoms with van der Waals surface area (Å²) in [6.45, 7) is 4.08. The number of amides is 2. The first-order chi connectivity index (χ1) is 10.7. The molecule has 0 bridgehead atoms. The molecule has 2 N–H and O–H groups in total. The van der Waals surface area contributed by atoms with Crippen LogP contribution < -0.4 is 5.32 Å². The van der Waals surface area contributed by atoms with Crippen LogP contribution >= 0.6 is 0 Å². The zero-order chi connectivity index (χ0) is 15.8. The molecular formula is C18H26N2O2. The summed E-state index contributed by atoms with van der Waals surface area (Å²) in [6, 6.07) is 9.79. The van der Waals surface area contributed by atoms with E-state index in [0.717, 1.165) is 24.8 Å². The highest BCUT2D eigenvalue weighted by atomic mass is 16.3. The Morgan fingerprint density at radius 1 is 1.36 bits per heavy atom. The van der Waals surface area contributed by atoms with Crippen LogP contribution in [0.4, 0.5) is 4.79 Å². The van der Waals surface area contributed by atoms with E-state index in [0.29, 0.717) is 19.6 Å². The molecule has 1 atom stereocenters.